The van der Waals surface area contributed by atoms with Crippen molar-refractivity contribution < 1.29 is 8.83 Å². The van der Waals surface area contributed by atoms with Crippen molar-refractivity contribution in [3.05, 3.63) is 170 Å². The quantitative estimate of drug-likeness (QED) is 0.185. The Morgan fingerprint density at radius 1 is 0.333 bits per heavy atom. The largest absolute Gasteiger partial charge is 0.455 e. The van der Waals surface area contributed by atoms with E-state index in [0.717, 1.165) is 99.8 Å². The summed E-state index contributed by atoms with van der Waals surface area (Å²) in [6.07, 6.45) is 3.72. The number of furan rings is 2. The van der Waals surface area contributed by atoms with Gasteiger partial charge in [-0.15, -0.1) is 0 Å². The van der Waals surface area contributed by atoms with E-state index in [-0.39, 0.29) is 7.43 Å². The molecule has 0 aliphatic carbocycles. The monoisotopic (exact) mass is 656 g/mol. The van der Waals surface area contributed by atoms with Gasteiger partial charge in [-0.05, 0) is 81.9 Å². The average Bonchev–Trinajstić information content (AvgIpc) is 3.77. The standard InChI is InChI=1S/C46H28N2O2.CH4/c1-3-19-43-37(13-1)39-17-7-15-35(45(39)49-43)33-11-5-9-29(25-33)31-21-23-47-41(27-31)42-28-32(22-24-48-42)30-10-6-12-34(26-30)36-16-8-18-40-38-14-2-4-20-44(38)50-46(36)40;/h1-28H;1H4. The van der Waals surface area contributed by atoms with E-state index in [1.807, 2.05) is 36.7 Å². The van der Waals surface area contributed by atoms with Crippen molar-refractivity contribution in [1.29, 1.82) is 0 Å². The molecule has 0 spiro atoms. The lowest BCUT2D eigenvalue weighted by molar-refractivity contribution is 0.669. The van der Waals surface area contributed by atoms with E-state index in [4.69, 9.17) is 18.8 Å². The van der Waals surface area contributed by atoms with E-state index in [0.29, 0.717) is 0 Å². The van der Waals surface area contributed by atoms with Crippen LogP contribution in [0.4, 0.5) is 0 Å². The topological polar surface area (TPSA) is 52.1 Å². The smallest absolute Gasteiger partial charge is 0.143 e. The van der Waals surface area contributed by atoms with Gasteiger partial charge in [-0.25, -0.2) is 0 Å². The van der Waals surface area contributed by atoms with Crippen LogP contribution in [-0.2, 0) is 0 Å². The summed E-state index contributed by atoms with van der Waals surface area (Å²) in [7, 11) is 0. The summed E-state index contributed by atoms with van der Waals surface area (Å²) in [6.45, 7) is 0. The van der Waals surface area contributed by atoms with Crippen LogP contribution in [0.15, 0.2) is 179 Å². The number of aromatic nitrogens is 2. The second kappa shape index (κ2) is 12.3. The zero-order valence-corrected chi connectivity index (χ0v) is 26.9. The van der Waals surface area contributed by atoms with Crippen molar-refractivity contribution in [2.75, 3.05) is 0 Å². The Hall–Kier alpha value is -6.78. The Morgan fingerprint density at radius 3 is 1.22 bits per heavy atom. The third kappa shape index (κ3) is 5.17. The van der Waals surface area contributed by atoms with Crippen molar-refractivity contribution in [1.82, 2.24) is 9.97 Å². The summed E-state index contributed by atoms with van der Waals surface area (Å²) in [5.74, 6) is 0. The van der Waals surface area contributed by atoms with Gasteiger partial charge in [0.1, 0.15) is 22.3 Å². The molecule has 4 heteroatoms. The van der Waals surface area contributed by atoms with E-state index in [9.17, 15) is 0 Å². The van der Waals surface area contributed by atoms with Crippen molar-refractivity contribution in [2.24, 2.45) is 0 Å². The Kier molecular flexibility index (Phi) is 7.29. The van der Waals surface area contributed by atoms with Gasteiger partial charge in [0.25, 0.3) is 0 Å². The van der Waals surface area contributed by atoms with Crippen LogP contribution in [0.2, 0.25) is 0 Å². The SMILES string of the molecule is C.c1cc(-c2ccnc(-c3cc(-c4cccc(-c5cccc6c5oc5ccccc56)c4)ccn3)c2)cc(-c2cccc3c2oc2ccccc23)c1. The molecule has 10 rings (SSSR count). The molecule has 51 heavy (non-hydrogen) atoms. The first kappa shape index (κ1) is 30.3. The lowest BCUT2D eigenvalue weighted by Gasteiger charge is -2.10. The van der Waals surface area contributed by atoms with Crippen LogP contribution in [0.1, 0.15) is 7.43 Å². The highest BCUT2D eigenvalue weighted by atomic mass is 16.3. The minimum Gasteiger partial charge on any atom is -0.455 e. The predicted octanol–water partition coefficient (Wildman–Crippen LogP) is 13.2. The Morgan fingerprint density at radius 2 is 0.725 bits per heavy atom. The molecular formula is C47H32N2O2. The fraction of sp³-hybridized carbons (Fsp3) is 0.0213. The Balaban J connectivity index is 0.00000348. The van der Waals surface area contributed by atoms with Crippen LogP contribution in [0.5, 0.6) is 0 Å². The zero-order chi connectivity index (χ0) is 33.0. The highest BCUT2D eigenvalue weighted by Crippen LogP contribution is 2.39. The molecule has 0 aliphatic heterocycles. The molecule has 0 atom stereocenters. The van der Waals surface area contributed by atoms with Crippen LogP contribution >= 0.6 is 0 Å². The number of para-hydroxylation sites is 4. The maximum absolute atomic E-state index is 6.35. The van der Waals surface area contributed by atoms with Gasteiger partial charge in [-0.2, -0.15) is 0 Å². The summed E-state index contributed by atoms with van der Waals surface area (Å²) in [6, 6.07) is 54.7. The molecule has 0 unspecified atom stereocenters. The highest BCUT2D eigenvalue weighted by molar-refractivity contribution is 6.10. The number of hydrogen-bond acceptors (Lipinski definition) is 4. The number of benzene rings is 6. The van der Waals surface area contributed by atoms with Crippen LogP contribution in [0.3, 0.4) is 0 Å². The van der Waals surface area contributed by atoms with Crippen LogP contribution < -0.4 is 0 Å². The Bertz CT molecular complexity index is 2700. The molecule has 242 valence electrons. The average molecular weight is 657 g/mol. The summed E-state index contributed by atoms with van der Waals surface area (Å²) < 4.78 is 12.7. The van der Waals surface area contributed by atoms with E-state index in [1.165, 1.54) is 0 Å². The lowest BCUT2D eigenvalue weighted by Crippen LogP contribution is -1.90. The molecular weight excluding hydrogens is 625 g/mol. The van der Waals surface area contributed by atoms with Crippen LogP contribution in [0.25, 0.3) is 99.8 Å². The normalized spacial score (nSPS) is 11.4. The molecule has 0 fully saturated rings. The van der Waals surface area contributed by atoms with Crippen molar-refractivity contribution in [3.8, 4) is 55.9 Å². The van der Waals surface area contributed by atoms with Gasteiger partial charge in [0.2, 0.25) is 0 Å². The summed E-state index contributed by atoms with van der Waals surface area (Å²) in [5, 5.41) is 4.50. The zero-order valence-electron chi connectivity index (χ0n) is 26.9. The molecule has 0 radical (unpaired) electrons. The van der Waals surface area contributed by atoms with Gasteiger partial charge in [-0.3, -0.25) is 9.97 Å². The third-order valence-corrected chi connectivity index (χ3v) is 9.60. The minimum atomic E-state index is 0. The van der Waals surface area contributed by atoms with Gasteiger partial charge in [0, 0.05) is 45.1 Å². The summed E-state index contributed by atoms with van der Waals surface area (Å²) in [5.41, 5.74) is 13.9. The second-order valence-electron chi connectivity index (χ2n) is 12.6. The minimum absolute atomic E-state index is 0. The number of pyridine rings is 2. The predicted molar refractivity (Wildman–Crippen MR) is 210 cm³/mol. The molecule has 0 saturated heterocycles. The van der Waals surface area contributed by atoms with Gasteiger partial charge in [0.15, 0.2) is 0 Å². The Labute approximate surface area is 295 Å². The number of fused-ring (bicyclic) bond motifs is 6. The van der Waals surface area contributed by atoms with Gasteiger partial charge in [-0.1, -0.05) is 117 Å². The number of rotatable bonds is 5. The fourth-order valence-electron chi connectivity index (χ4n) is 7.18. The van der Waals surface area contributed by atoms with Crippen molar-refractivity contribution in [3.63, 3.8) is 0 Å². The summed E-state index contributed by atoms with van der Waals surface area (Å²) >= 11 is 0. The van der Waals surface area contributed by atoms with E-state index in [2.05, 4.69) is 133 Å². The second-order valence-corrected chi connectivity index (χ2v) is 12.6. The van der Waals surface area contributed by atoms with E-state index < -0.39 is 0 Å². The van der Waals surface area contributed by atoms with Gasteiger partial charge in [0.05, 0.1) is 11.4 Å². The molecule has 6 aromatic carbocycles. The van der Waals surface area contributed by atoms with Gasteiger partial charge >= 0.3 is 0 Å². The molecule has 4 heterocycles. The molecule has 0 saturated carbocycles. The maximum atomic E-state index is 6.35. The number of hydrogen-bond donors (Lipinski definition) is 0. The molecule has 0 N–H and O–H groups in total. The first-order chi connectivity index (χ1) is 24.8. The molecule has 0 aliphatic rings. The third-order valence-electron chi connectivity index (χ3n) is 9.60. The summed E-state index contributed by atoms with van der Waals surface area (Å²) in [4.78, 5) is 9.49. The molecule has 0 amide bonds. The highest BCUT2D eigenvalue weighted by Gasteiger charge is 2.15. The molecule has 10 aromatic rings. The maximum Gasteiger partial charge on any atom is 0.143 e. The van der Waals surface area contributed by atoms with Crippen molar-refractivity contribution in [2.45, 2.75) is 7.43 Å². The lowest BCUT2D eigenvalue weighted by atomic mass is 9.96. The molecule has 4 aromatic heterocycles. The van der Waals surface area contributed by atoms with Crippen molar-refractivity contribution >= 4 is 43.9 Å². The van der Waals surface area contributed by atoms with E-state index in [1.54, 1.807) is 0 Å². The van der Waals surface area contributed by atoms with Crippen LogP contribution in [0, 0.1) is 0 Å². The molecule has 4 nitrogen and oxygen atoms in total. The fourth-order valence-corrected chi connectivity index (χ4v) is 7.18. The van der Waals surface area contributed by atoms with E-state index >= 15 is 0 Å². The first-order valence-corrected chi connectivity index (χ1v) is 16.7. The molecule has 0 bridgehead atoms. The van der Waals surface area contributed by atoms with Gasteiger partial charge < -0.3 is 8.83 Å². The number of nitrogens with zero attached hydrogens (tertiary/aromatic N) is 2. The van der Waals surface area contributed by atoms with Crippen LogP contribution in [-0.4, -0.2) is 9.97 Å². The first-order valence-electron chi connectivity index (χ1n) is 16.7.